The first-order valence-electron chi connectivity index (χ1n) is 12.5. The molecule has 0 radical (unpaired) electrons. The summed E-state index contributed by atoms with van der Waals surface area (Å²) in [5, 5.41) is 13.4. The standard InChI is InChI=1S/C30H33N3O5.H2/c1-21(35)33(17-23-7-3-6-10-29(23)37-2)18-25(15-24-16-31-28-9-5-4-8-27(24)28)32-30(36)20-38-26-13-11-22(19-34)12-14-26;/h3-14,16,25,31,34H,15,17-20H2,1-2H3,(H,32,36);1H. The molecule has 0 saturated heterocycles. The van der Waals surface area contributed by atoms with E-state index < -0.39 is 0 Å². The Labute approximate surface area is 223 Å². The van der Waals surface area contributed by atoms with Crippen molar-refractivity contribution in [1.82, 2.24) is 15.2 Å². The molecule has 0 saturated carbocycles. The predicted molar refractivity (Wildman–Crippen MR) is 148 cm³/mol. The molecule has 1 aromatic heterocycles. The lowest BCUT2D eigenvalue weighted by molar-refractivity contribution is -0.131. The van der Waals surface area contributed by atoms with Crippen molar-refractivity contribution in [2.45, 2.75) is 32.5 Å². The number of ether oxygens (including phenoxy) is 2. The molecule has 0 spiro atoms. The van der Waals surface area contributed by atoms with Gasteiger partial charge in [0.15, 0.2) is 6.61 Å². The Morgan fingerprint density at radius 1 is 1.03 bits per heavy atom. The number of hydrogen-bond acceptors (Lipinski definition) is 5. The number of aliphatic hydroxyl groups is 1. The number of amides is 2. The van der Waals surface area contributed by atoms with Crippen molar-refractivity contribution >= 4 is 22.7 Å². The van der Waals surface area contributed by atoms with Crippen LogP contribution in [0.1, 0.15) is 25.0 Å². The quantitative estimate of drug-likeness (QED) is 0.263. The van der Waals surface area contributed by atoms with Crippen molar-refractivity contribution in [3.05, 3.63) is 95.7 Å². The normalized spacial score (nSPS) is 11.7. The van der Waals surface area contributed by atoms with Gasteiger partial charge in [-0.3, -0.25) is 9.59 Å². The van der Waals surface area contributed by atoms with Gasteiger partial charge in [0.1, 0.15) is 11.5 Å². The molecule has 4 rings (SSSR count). The summed E-state index contributed by atoms with van der Waals surface area (Å²) in [5.74, 6) is 0.847. The van der Waals surface area contributed by atoms with E-state index in [1.807, 2.05) is 54.7 Å². The van der Waals surface area contributed by atoms with E-state index in [2.05, 4.69) is 10.3 Å². The summed E-state index contributed by atoms with van der Waals surface area (Å²) < 4.78 is 11.1. The van der Waals surface area contributed by atoms with Crippen LogP contribution >= 0.6 is 0 Å². The summed E-state index contributed by atoms with van der Waals surface area (Å²) in [6.07, 6.45) is 2.47. The minimum absolute atomic E-state index is 0. The number of methoxy groups -OCH3 is 1. The van der Waals surface area contributed by atoms with E-state index in [0.29, 0.717) is 31.0 Å². The summed E-state index contributed by atoms with van der Waals surface area (Å²) in [6, 6.07) is 22.1. The van der Waals surface area contributed by atoms with Gasteiger partial charge in [0.25, 0.3) is 5.91 Å². The molecule has 3 aromatic carbocycles. The van der Waals surface area contributed by atoms with Crippen LogP contribution in [-0.2, 0) is 29.2 Å². The molecule has 0 bridgehead atoms. The molecule has 200 valence electrons. The third-order valence-corrected chi connectivity index (χ3v) is 6.42. The van der Waals surface area contributed by atoms with Crippen LogP contribution in [0.3, 0.4) is 0 Å². The Hall–Kier alpha value is -4.30. The monoisotopic (exact) mass is 517 g/mol. The highest BCUT2D eigenvalue weighted by Crippen LogP contribution is 2.22. The van der Waals surface area contributed by atoms with Crippen LogP contribution in [0, 0.1) is 0 Å². The van der Waals surface area contributed by atoms with E-state index in [0.717, 1.165) is 27.6 Å². The largest absolute Gasteiger partial charge is 0.496 e. The Morgan fingerprint density at radius 3 is 2.50 bits per heavy atom. The van der Waals surface area contributed by atoms with E-state index in [1.54, 1.807) is 36.3 Å². The van der Waals surface area contributed by atoms with E-state index >= 15 is 0 Å². The molecular formula is C30H35N3O5. The van der Waals surface area contributed by atoms with Gasteiger partial charge in [-0.15, -0.1) is 0 Å². The third kappa shape index (κ3) is 6.92. The molecule has 38 heavy (non-hydrogen) atoms. The zero-order valence-electron chi connectivity index (χ0n) is 21.6. The van der Waals surface area contributed by atoms with E-state index in [-0.39, 0.29) is 32.5 Å². The zero-order chi connectivity index (χ0) is 26.9. The van der Waals surface area contributed by atoms with Crippen LogP contribution in [0.15, 0.2) is 79.0 Å². The number of rotatable bonds is 12. The van der Waals surface area contributed by atoms with Crippen molar-refractivity contribution in [3.63, 3.8) is 0 Å². The number of benzene rings is 3. The third-order valence-electron chi connectivity index (χ3n) is 6.42. The van der Waals surface area contributed by atoms with E-state index in [4.69, 9.17) is 9.47 Å². The van der Waals surface area contributed by atoms with Gasteiger partial charge in [0.2, 0.25) is 5.91 Å². The van der Waals surface area contributed by atoms with Gasteiger partial charge in [-0.25, -0.2) is 0 Å². The number of fused-ring (bicyclic) bond motifs is 1. The lowest BCUT2D eigenvalue weighted by Gasteiger charge is -2.28. The number of aromatic nitrogens is 1. The van der Waals surface area contributed by atoms with Gasteiger partial charge >= 0.3 is 0 Å². The second-order valence-electron chi connectivity index (χ2n) is 9.13. The van der Waals surface area contributed by atoms with Crippen molar-refractivity contribution in [2.24, 2.45) is 0 Å². The average Bonchev–Trinajstić information content (AvgIpc) is 3.34. The fourth-order valence-corrected chi connectivity index (χ4v) is 4.45. The zero-order valence-corrected chi connectivity index (χ0v) is 21.6. The number of carbonyl (C=O) groups excluding carboxylic acids is 2. The molecule has 8 nitrogen and oxygen atoms in total. The van der Waals surface area contributed by atoms with Crippen LogP contribution in [0.25, 0.3) is 10.9 Å². The number of H-pyrrole nitrogens is 1. The van der Waals surface area contributed by atoms with Gasteiger partial charge in [0.05, 0.1) is 19.8 Å². The van der Waals surface area contributed by atoms with Crippen LogP contribution < -0.4 is 14.8 Å². The topological polar surface area (TPSA) is 104 Å². The Bertz CT molecular complexity index is 1370. The molecule has 0 fully saturated rings. The van der Waals surface area contributed by atoms with Gasteiger partial charge in [-0.1, -0.05) is 48.5 Å². The molecule has 1 unspecified atom stereocenters. The van der Waals surface area contributed by atoms with Crippen molar-refractivity contribution in [3.8, 4) is 11.5 Å². The minimum atomic E-state index is -0.360. The predicted octanol–water partition coefficient (Wildman–Crippen LogP) is 4.07. The first-order chi connectivity index (χ1) is 18.5. The molecule has 2 amide bonds. The summed E-state index contributed by atoms with van der Waals surface area (Å²) in [6.45, 7) is 1.96. The van der Waals surface area contributed by atoms with Crippen molar-refractivity contribution < 1.29 is 25.6 Å². The molecule has 3 N–H and O–H groups in total. The maximum Gasteiger partial charge on any atom is 0.258 e. The van der Waals surface area contributed by atoms with Crippen LogP contribution in [-0.4, -0.2) is 53.1 Å². The lowest BCUT2D eigenvalue weighted by Crippen LogP contribution is -2.47. The van der Waals surface area contributed by atoms with E-state index in [1.165, 1.54) is 6.92 Å². The fraction of sp³-hybridized carbons (Fsp3) is 0.267. The Morgan fingerprint density at radius 2 is 1.76 bits per heavy atom. The summed E-state index contributed by atoms with van der Waals surface area (Å²) in [4.78, 5) is 30.6. The first-order valence-corrected chi connectivity index (χ1v) is 12.5. The van der Waals surface area contributed by atoms with Crippen LogP contribution in [0.5, 0.6) is 11.5 Å². The van der Waals surface area contributed by atoms with Gasteiger partial charge in [-0.2, -0.15) is 0 Å². The number of nitrogens with zero attached hydrogens (tertiary/aromatic N) is 1. The van der Waals surface area contributed by atoms with Gasteiger partial charge < -0.3 is 29.8 Å². The second-order valence-corrected chi connectivity index (χ2v) is 9.13. The number of hydrogen-bond donors (Lipinski definition) is 3. The summed E-state index contributed by atoms with van der Waals surface area (Å²) >= 11 is 0. The maximum absolute atomic E-state index is 12.9. The highest BCUT2D eigenvalue weighted by Gasteiger charge is 2.22. The number of aromatic amines is 1. The highest BCUT2D eigenvalue weighted by molar-refractivity contribution is 5.83. The molecule has 0 aliphatic rings. The smallest absolute Gasteiger partial charge is 0.258 e. The fourth-order valence-electron chi connectivity index (χ4n) is 4.45. The Kier molecular flexibility index (Phi) is 9.00. The first kappa shape index (κ1) is 26.8. The number of aliphatic hydroxyl groups excluding tert-OH is 1. The average molecular weight is 518 g/mol. The second kappa shape index (κ2) is 12.8. The number of carbonyl (C=O) groups is 2. The number of para-hydroxylation sites is 2. The Balaban J connectivity index is 0.00000420. The minimum Gasteiger partial charge on any atom is -0.496 e. The molecule has 1 atom stereocenters. The molecule has 4 aromatic rings. The maximum atomic E-state index is 12.9. The molecular weight excluding hydrogens is 482 g/mol. The molecule has 1 heterocycles. The molecule has 0 aliphatic heterocycles. The SMILES string of the molecule is COc1ccccc1CN(CC(Cc1c[nH]c2ccccc12)NC(=O)COc1ccc(CO)cc1)C(C)=O.[HH]. The van der Waals surface area contributed by atoms with Gasteiger partial charge in [0, 0.05) is 44.1 Å². The van der Waals surface area contributed by atoms with E-state index in [9.17, 15) is 14.7 Å². The number of nitrogens with one attached hydrogen (secondary N) is 2. The van der Waals surface area contributed by atoms with Gasteiger partial charge in [-0.05, 0) is 41.8 Å². The highest BCUT2D eigenvalue weighted by atomic mass is 16.5. The summed E-state index contributed by atoms with van der Waals surface area (Å²) in [7, 11) is 1.61. The molecule has 8 heteroatoms. The molecule has 0 aliphatic carbocycles. The van der Waals surface area contributed by atoms with Crippen LogP contribution in [0.2, 0.25) is 0 Å². The summed E-state index contributed by atoms with van der Waals surface area (Å²) in [5.41, 5.74) is 3.71. The lowest BCUT2D eigenvalue weighted by atomic mass is 10.0. The van der Waals surface area contributed by atoms with Crippen molar-refractivity contribution in [2.75, 3.05) is 20.3 Å². The van der Waals surface area contributed by atoms with Crippen molar-refractivity contribution in [1.29, 1.82) is 0 Å². The van der Waals surface area contributed by atoms with Crippen LogP contribution in [0.4, 0.5) is 0 Å².